The highest BCUT2D eigenvalue weighted by Crippen LogP contribution is 2.05. The zero-order chi connectivity index (χ0) is 15.7. The minimum absolute atomic E-state index is 0.000363. The van der Waals surface area contributed by atoms with Gasteiger partial charge in [-0.05, 0) is 26.8 Å². The van der Waals surface area contributed by atoms with Crippen LogP contribution in [-0.2, 0) is 13.6 Å². The van der Waals surface area contributed by atoms with Crippen LogP contribution in [0.4, 0.5) is 0 Å². The van der Waals surface area contributed by atoms with E-state index in [0.717, 1.165) is 4.57 Å². The summed E-state index contributed by atoms with van der Waals surface area (Å²) in [5.41, 5.74) is -0.347. The summed E-state index contributed by atoms with van der Waals surface area (Å²) >= 11 is 0. The SMILES string of the molecule is CC(=O)c1cn(Cc2ccn(C(C)C)n2)c(=O)n(C)c1=O. The van der Waals surface area contributed by atoms with E-state index in [4.69, 9.17) is 0 Å². The smallest absolute Gasteiger partial charge is 0.294 e. The van der Waals surface area contributed by atoms with Gasteiger partial charge in [0.15, 0.2) is 5.78 Å². The summed E-state index contributed by atoms with van der Waals surface area (Å²) in [5, 5.41) is 4.36. The Hall–Kier alpha value is -2.44. The van der Waals surface area contributed by atoms with Crippen molar-refractivity contribution in [3.63, 3.8) is 0 Å². The minimum atomic E-state index is -0.573. The molecule has 2 aromatic heterocycles. The van der Waals surface area contributed by atoms with Gasteiger partial charge in [-0.15, -0.1) is 0 Å². The normalized spacial score (nSPS) is 11.1. The molecule has 7 nitrogen and oxygen atoms in total. The Morgan fingerprint density at radius 2 is 2.00 bits per heavy atom. The fourth-order valence-corrected chi connectivity index (χ4v) is 2.01. The van der Waals surface area contributed by atoms with Crippen molar-refractivity contribution in [1.29, 1.82) is 0 Å². The van der Waals surface area contributed by atoms with Gasteiger partial charge in [0.1, 0.15) is 0 Å². The molecular formula is C14H18N4O3. The molecule has 0 spiro atoms. The Bertz CT molecular complexity index is 795. The highest BCUT2D eigenvalue weighted by Gasteiger charge is 2.13. The Balaban J connectivity index is 2.46. The summed E-state index contributed by atoms with van der Waals surface area (Å²) in [6.07, 6.45) is 3.14. The lowest BCUT2D eigenvalue weighted by atomic mass is 10.2. The van der Waals surface area contributed by atoms with Crippen molar-refractivity contribution in [1.82, 2.24) is 18.9 Å². The molecule has 21 heavy (non-hydrogen) atoms. The molecule has 2 aromatic rings. The molecule has 0 bridgehead atoms. The summed E-state index contributed by atoms with van der Waals surface area (Å²) in [7, 11) is 1.36. The minimum Gasteiger partial charge on any atom is -0.294 e. The average Bonchev–Trinajstić information content (AvgIpc) is 2.88. The van der Waals surface area contributed by atoms with Gasteiger partial charge in [0.25, 0.3) is 5.56 Å². The molecule has 7 heteroatoms. The number of rotatable bonds is 4. The zero-order valence-electron chi connectivity index (χ0n) is 12.5. The summed E-state index contributed by atoms with van der Waals surface area (Å²) in [5.74, 6) is -0.364. The third-order valence-electron chi connectivity index (χ3n) is 3.26. The summed E-state index contributed by atoms with van der Waals surface area (Å²) < 4.78 is 4.05. The van der Waals surface area contributed by atoms with Gasteiger partial charge in [-0.1, -0.05) is 0 Å². The van der Waals surface area contributed by atoms with E-state index in [2.05, 4.69) is 5.10 Å². The van der Waals surface area contributed by atoms with Crippen LogP contribution in [0, 0.1) is 0 Å². The van der Waals surface area contributed by atoms with Crippen LogP contribution < -0.4 is 11.2 Å². The lowest BCUT2D eigenvalue weighted by Crippen LogP contribution is -2.40. The summed E-state index contributed by atoms with van der Waals surface area (Å²) in [6, 6.07) is 2.04. The molecule has 0 amide bonds. The molecule has 0 aromatic carbocycles. The van der Waals surface area contributed by atoms with E-state index in [1.807, 2.05) is 26.1 Å². The van der Waals surface area contributed by atoms with Gasteiger partial charge >= 0.3 is 5.69 Å². The molecule has 0 radical (unpaired) electrons. The molecular weight excluding hydrogens is 272 g/mol. The lowest BCUT2D eigenvalue weighted by Gasteiger charge is -2.08. The van der Waals surface area contributed by atoms with Crippen LogP contribution in [0.3, 0.4) is 0 Å². The van der Waals surface area contributed by atoms with Gasteiger partial charge < -0.3 is 0 Å². The van der Waals surface area contributed by atoms with Crippen LogP contribution in [0.2, 0.25) is 0 Å². The Morgan fingerprint density at radius 1 is 1.33 bits per heavy atom. The third kappa shape index (κ3) is 2.86. The monoisotopic (exact) mass is 290 g/mol. The number of hydrogen-bond acceptors (Lipinski definition) is 4. The van der Waals surface area contributed by atoms with Crippen LogP contribution >= 0.6 is 0 Å². The largest absolute Gasteiger partial charge is 0.331 e. The molecule has 0 aliphatic carbocycles. The van der Waals surface area contributed by atoms with E-state index in [1.54, 1.807) is 4.68 Å². The van der Waals surface area contributed by atoms with E-state index < -0.39 is 11.2 Å². The molecule has 0 atom stereocenters. The van der Waals surface area contributed by atoms with Gasteiger partial charge in [-0.2, -0.15) is 5.10 Å². The second kappa shape index (κ2) is 5.51. The molecule has 0 aliphatic heterocycles. The molecule has 0 saturated heterocycles. The van der Waals surface area contributed by atoms with Crippen molar-refractivity contribution < 1.29 is 4.79 Å². The van der Waals surface area contributed by atoms with Gasteiger partial charge in [0.2, 0.25) is 0 Å². The highest BCUT2D eigenvalue weighted by molar-refractivity contribution is 5.93. The number of Topliss-reactive ketones (excluding diaryl/α,β-unsaturated/α-hetero) is 1. The van der Waals surface area contributed by atoms with Crippen molar-refractivity contribution in [3.8, 4) is 0 Å². The van der Waals surface area contributed by atoms with Gasteiger partial charge in [0.05, 0.1) is 17.8 Å². The van der Waals surface area contributed by atoms with Crippen molar-refractivity contribution in [2.45, 2.75) is 33.4 Å². The van der Waals surface area contributed by atoms with E-state index in [9.17, 15) is 14.4 Å². The maximum absolute atomic E-state index is 12.1. The van der Waals surface area contributed by atoms with E-state index in [0.29, 0.717) is 5.69 Å². The van der Waals surface area contributed by atoms with E-state index in [1.165, 1.54) is 24.7 Å². The summed E-state index contributed by atoms with van der Waals surface area (Å²) in [6.45, 7) is 5.53. The van der Waals surface area contributed by atoms with Crippen LogP contribution in [0.5, 0.6) is 0 Å². The number of aromatic nitrogens is 4. The first-order valence-corrected chi connectivity index (χ1v) is 6.66. The van der Waals surface area contributed by atoms with Gasteiger partial charge in [-0.3, -0.25) is 23.4 Å². The Labute approximate surface area is 121 Å². The Morgan fingerprint density at radius 3 is 2.52 bits per heavy atom. The maximum atomic E-state index is 12.1. The molecule has 0 N–H and O–H groups in total. The van der Waals surface area contributed by atoms with Crippen LogP contribution in [0.15, 0.2) is 28.0 Å². The fraction of sp³-hybridized carbons (Fsp3) is 0.429. The highest BCUT2D eigenvalue weighted by atomic mass is 16.2. The quantitative estimate of drug-likeness (QED) is 0.771. The first-order valence-electron chi connectivity index (χ1n) is 6.66. The molecule has 2 rings (SSSR count). The Kier molecular flexibility index (Phi) is 3.93. The molecule has 0 unspecified atom stereocenters. The van der Waals surface area contributed by atoms with Crippen LogP contribution in [0.25, 0.3) is 0 Å². The van der Waals surface area contributed by atoms with Crippen molar-refractivity contribution in [2.75, 3.05) is 0 Å². The standard InChI is InChI=1S/C14H18N4O3/c1-9(2)18-6-5-11(15-18)7-17-8-12(10(3)19)13(20)16(4)14(17)21/h5-6,8-9H,7H2,1-4H3. The van der Waals surface area contributed by atoms with Crippen molar-refractivity contribution in [3.05, 3.63) is 50.6 Å². The molecule has 0 saturated carbocycles. The fourth-order valence-electron chi connectivity index (χ4n) is 2.01. The molecule has 0 aliphatic rings. The average molecular weight is 290 g/mol. The number of ketones is 1. The van der Waals surface area contributed by atoms with Crippen LogP contribution in [-0.4, -0.2) is 24.7 Å². The van der Waals surface area contributed by atoms with Gasteiger partial charge in [0, 0.05) is 25.5 Å². The number of hydrogen-bond donors (Lipinski definition) is 0. The first-order chi connectivity index (χ1) is 9.81. The van der Waals surface area contributed by atoms with Crippen LogP contribution in [0.1, 0.15) is 42.9 Å². The van der Waals surface area contributed by atoms with Gasteiger partial charge in [-0.25, -0.2) is 4.79 Å². The van der Waals surface area contributed by atoms with Crippen molar-refractivity contribution >= 4 is 5.78 Å². The predicted molar refractivity (Wildman–Crippen MR) is 77.7 cm³/mol. The molecule has 2 heterocycles. The molecule has 0 fully saturated rings. The number of carbonyl (C=O) groups is 1. The maximum Gasteiger partial charge on any atom is 0.331 e. The second-order valence-electron chi connectivity index (χ2n) is 5.25. The van der Waals surface area contributed by atoms with Crippen molar-refractivity contribution in [2.24, 2.45) is 7.05 Å². The van der Waals surface area contributed by atoms with E-state index in [-0.39, 0.29) is 23.9 Å². The number of carbonyl (C=O) groups excluding carboxylic acids is 1. The lowest BCUT2D eigenvalue weighted by molar-refractivity contribution is 0.101. The second-order valence-corrected chi connectivity index (χ2v) is 5.25. The topological polar surface area (TPSA) is 78.9 Å². The van der Waals surface area contributed by atoms with E-state index >= 15 is 0 Å². The summed E-state index contributed by atoms with van der Waals surface area (Å²) in [4.78, 5) is 35.4. The third-order valence-corrected chi connectivity index (χ3v) is 3.26. The number of nitrogens with zero attached hydrogens (tertiary/aromatic N) is 4. The predicted octanol–water partition coefficient (Wildman–Crippen LogP) is 0.575. The first kappa shape index (κ1) is 15.0. The zero-order valence-corrected chi connectivity index (χ0v) is 12.5. The molecule has 112 valence electrons.